The van der Waals surface area contributed by atoms with E-state index in [0.717, 1.165) is 30.4 Å². The maximum atomic E-state index is 14.1. The lowest BCUT2D eigenvalue weighted by Crippen LogP contribution is -2.42. The van der Waals surface area contributed by atoms with Crippen molar-refractivity contribution in [3.8, 4) is 0 Å². The van der Waals surface area contributed by atoms with Gasteiger partial charge in [0.2, 0.25) is 0 Å². The van der Waals surface area contributed by atoms with Crippen molar-refractivity contribution in [1.29, 1.82) is 0 Å². The summed E-state index contributed by atoms with van der Waals surface area (Å²) in [5, 5.41) is 11.7. The molecular formula is C37H42N4O6. The van der Waals surface area contributed by atoms with E-state index >= 15 is 0 Å². The number of hydrogen-bond acceptors (Lipinski definition) is 9. The van der Waals surface area contributed by atoms with Gasteiger partial charge in [-0.2, -0.15) is 0 Å². The van der Waals surface area contributed by atoms with Crippen molar-refractivity contribution in [2.45, 2.75) is 64.0 Å². The molecule has 2 aliphatic heterocycles. The predicted octanol–water partition coefficient (Wildman–Crippen LogP) is 6.47. The number of carbonyl (C=O) groups excluding carboxylic acids is 2. The predicted molar refractivity (Wildman–Crippen MR) is 180 cm³/mol. The van der Waals surface area contributed by atoms with Crippen molar-refractivity contribution in [3.63, 3.8) is 0 Å². The van der Waals surface area contributed by atoms with Gasteiger partial charge < -0.3 is 15.2 Å². The minimum absolute atomic E-state index is 0.00944. The Morgan fingerprint density at radius 1 is 1.00 bits per heavy atom. The Hall–Kier alpha value is -4.83. The second-order valence-corrected chi connectivity index (χ2v) is 12.1. The van der Waals surface area contributed by atoms with E-state index in [1.54, 1.807) is 13.0 Å². The lowest BCUT2D eigenvalue weighted by Gasteiger charge is -2.32. The number of nitro groups is 1. The number of ether oxygens (including phenoxy) is 2. The normalized spacial score (nSPS) is 19.8. The van der Waals surface area contributed by atoms with Crippen molar-refractivity contribution >= 4 is 23.5 Å². The van der Waals surface area contributed by atoms with Gasteiger partial charge in [-0.15, -0.1) is 0 Å². The highest BCUT2D eigenvalue weighted by molar-refractivity contribution is 6.06. The fourth-order valence-corrected chi connectivity index (χ4v) is 6.59. The molecule has 47 heavy (non-hydrogen) atoms. The first-order valence-corrected chi connectivity index (χ1v) is 16.3. The van der Waals surface area contributed by atoms with Gasteiger partial charge >= 0.3 is 11.9 Å². The molecule has 0 aliphatic carbocycles. The molecule has 5 rings (SSSR count). The number of nitrogens with two attached hydrogens (primary N) is 1. The van der Waals surface area contributed by atoms with E-state index in [-0.39, 0.29) is 29.7 Å². The Kier molecular flexibility index (Phi) is 11.2. The van der Waals surface area contributed by atoms with Gasteiger partial charge in [-0.25, -0.2) is 9.79 Å². The van der Waals surface area contributed by atoms with Crippen LogP contribution in [0.4, 0.5) is 5.69 Å². The summed E-state index contributed by atoms with van der Waals surface area (Å²) in [7, 11) is 0. The molecule has 3 atom stereocenters. The molecule has 1 fully saturated rings. The van der Waals surface area contributed by atoms with Gasteiger partial charge in [0.1, 0.15) is 17.9 Å². The molecule has 1 saturated heterocycles. The molecule has 3 unspecified atom stereocenters. The Morgan fingerprint density at radius 2 is 1.68 bits per heavy atom. The van der Waals surface area contributed by atoms with Crippen LogP contribution >= 0.6 is 0 Å². The van der Waals surface area contributed by atoms with Gasteiger partial charge in [0.15, 0.2) is 0 Å². The van der Waals surface area contributed by atoms with E-state index in [1.807, 2.05) is 36.4 Å². The molecule has 0 spiro atoms. The molecule has 0 aromatic heterocycles. The first-order chi connectivity index (χ1) is 22.8. The summed E-state index contributed by atoms with van der Waals surface area (Å²) >= 11 is 0. The molecular weight excluding hydrogens is 596 g/mol. The molecule has 3 aromatic rings. The molecule has 246 valence electrons. The quantitative estimate of drug-likeness (QED) is 0.0973. The monoisotopic (exact) mass is 638 g/mol. The first kappa shape index (κ1) is 33.5. The Labute approximate surface area is 275 Å². The van der Waals surface area contributed by atoms with Crippen LogP contribution in [0.3, 0.4) is 0 Å². The Bertz CT molecular complexity index is 1580. The molecule has 10 heteroatoms. The molecule has 3 aromatic carbocycles. The number of rotatable bonds is 13. The minimum atomic E-state index is -1.17. The maximum absolute atomic E-state index is 14.1. The van der Waals surface area contributed by atoms with Crippen molar-refractivity contribution in [2.24, 2.45) is 16.6 Å². The minimum Gasteiger partial charge on any atom is -0.462 e. The summed E-state index contributed by atoms with van der Waals surface area (Å²) < 4.78 is 11.8. The second-order valence-electron chi connectivity index (χ2n) is 12.1. The zero-order valence-corrected chi connectivity index (χ0v) is 26.9. The highest BCUT2D eigenvalue weighted by atomic mass is 16.6. The summed E-state index contributed by atoms with van der Waals surface area (Å²) in [5.74, 6) is -3.40. The third-order valence-electron chi connectivity index (χ3n) is 8.85. The number of likely N-dealkylation sites (tertiary alicyclic amines) is 1. The van der Waals surface area contributed by atoms with Crippen molar-refractivity contribution in [3.05, 3.63) is 123 Å². The first-order valence-electron chi connectivity index (χ1n) is 16.3. The van der Waals surface area contributed by atoms with Crippen LogP contribution in [0, 0.1) is 16.0 Å². The van der Waals surface area contributed by atoms with Gasteiger partial charge in [0, 0.05) is 31.1 Å². The number of benzene rings is 3. The van der Waals surface area contributed by atoms with Crippen molar-refractivity contribution in [2.75, 3.05) is 19.7 Å². The topological polar surface area (TPSA) is 137 Å². The number of nitro benzene ring substituents is 1. The average Bonchev–Trinajstić information content (AvgIpc) is 3.52. The average molecular weight is 639 g/mol. The Morgan fingerprint density at radius 3 is 2.32 bits per heavy atom. The molecule has 2 N–H and O–H groups in total. The standard InChI is InChI=1S/C37H42N4O6/c1-3-4-5-12-22-46-36(42)31-25(2)39-35(38)33(32(31)28-18-13-19-29(23-28)41(44)45)37(43)47-30-20-21-40(24-30)34(26-14-8-6-9-15-26)27-16-10-7-11-17-27/h6-11,13-19,23,30,32-34H,3-5,12,20-22,24H2,1-2H3,(H2,38,39). The van der Waals surface area contributed by atoms with E-state index in [4.69, 9.17) is 15.2 Å². The molecule has 0 amide bonds. The van der Waals surface area contributed by atoms with Crippen LogP contribution in [-0.4, -0.2) is 53.4 Å². The van der Waals surface area contributed by atoms with Gasteiger partial charge in [0.25, 0.3) is 5.69 Å². The van der Waals surface area contributed by atoms with Crippen LogP contribution in [0.2, 0.25) is 0 Å². The third kappa shape index (κ3) is 7.94. The fourth-order valence-electron chi connectivity index (χ4n) is 6.59. The van der Waals surface area contributed by atoms with E-state index in [9.17, 15) is 19.7 Å². The second kappa shape index (κ2) is 15.6. The van der Waals surface area contributed by atoms with Crippen molar-refractivity contribution in [1.82, 2.24) is 4.90 Å². The number of esters is 2. The lowest BCUT2D eigenvalue weighted by molar-refractivity contribution is -0.384. The largest absolute Gasteiger partial charge is 0.462 e. The number of non-ortho nitro benzene ring substituents is 1. The number of hydrogen-bond donors (Lipinski definition) is 1. The van der Waals surface area contributed by atoms with Crippen LogP contribution in [0.5, 0.6) is 0 Å². The number of unbranched alkanes of at least 4 members (excludes halogenated alkanes) is 3. The summed E-state index contributed by atoms with van der Waals surface area (Å²) in [6.45, 7) is 5.14. The number of nitrogens with zero attached hydrogens (tertiary/aromatic N) is 3. The zero-order chi connectivity index (χ0) is 33.3. The summed E-state index contributed by atoms with van der Waals surface area (Å²) in [4.78, 5) is 45.5. The van der Waals surface area contributed by atoms with Crippen LogP contribution < -0.4 is 5.73 Å². The SMILES string of the molecule is CCCCCCOC(=O)C1=C(C)N=C(N)C(C(=O)OC2CCN(C(c3ccccc3)c3ccccc3)C2)C1c1cccc([N+](=O)[O-])c1. The molecule has 2 aliphatic rings. The number of allylic oxidation sites excluding steroid dienone is 1. The van der Waals surface area contributed by atoms with Gasteiger partial charge in [-0.05, 0) is 36.5 Å². The fraction of sp³-hybridized carbons (Fsp3) is 0.378. The van der Waals surface area contributed by atoms with Gasteiger partial charge in [0.05, 0.1) is 28.8 Å². The molecule has 10 nitrogen and oxygen atoms in total. The zero-order valence-electron chi connectivity index (χ0n) is 26.9. The number of amidine groups is 1. The van der Waals surface area contributed by atoms with E-state index in [1.165, 1.54) is 18.2 Å². The molecule has 0 saturated carbocycles. The van der Waals surface area contributed by atoms with E-state index < -0.39 is 34.8 Å². The summed E-state index contributed by atoms with van der Waals surface area (Å²) in [5.41, 5.74) is 9.39. The Balaban J connectivity index is 1.40. The molecule has 0 radical (unpaired) electrons. The van der Waals surface area contributed by atoms with Gasteiger partial charge in [-0.1, -0.05) is 99.0 Å². The van der Waals surface area contributed by atoms with Gasteiger partial charge in [-0.3, -0.25) is 19.8 Å². The van der Waals surface area contributed by atoms with Crippen LogP contribution in [0.15, 0.2) is 101 Å². The summed E-state index contributed by atoms with van der Waals surface area (Å²) in [6, 6.07) is 26.3. The number of carbonyl (C=O) groups is 2. The van der Waals surface area contributed by atoms with Crippen LogP contribution in [-0.2, 0) is 19.1 Å². The highest BCUT2D eigenvalue weighted by Gasteiger charge is 2.45. The van der Waals surface area contributed by atoms with Crippen molar-refractivity contribution < 1.29 is 24.0 Å². The van der Waals surface area contributed by atoms with Crippen LogP contribution in [0.1, 0.15) is 74.6 Å². The number of aliphatic imine (C=N–C) groups is 1. The van der Waals surface area contributed by atoms with E-state index in [0.29, 0.717) is 37.2 Å². The van der Waals surface area contributed by atoms with E-state index in [2.05, 4.69) is 41.1 Å². The third-order valence-corrected chi connectivity index (χ3v) is 8.85. The summed E-state index contributed by atoms with van der Waals surface area (Å²) in [6.07, 6.45) is 3.87. The molecule has 0 bridgehead atoms. The molecule has 2 heterocycles. The highest BCUT2D eigenvalue weighted by Crippen LogP contribution is 2.41. The smallest absolute Gasteiger partial charge is 0.336 e. The lowest BCUT2D eigenvalue weighted by atomic mass is 9.77. The maximum Gasteiger partial charge on any atom is 0.336 e. The van der Waals surface area contributed by atoms with Crippen LogP contribution in [0.25, 0.3) is 0 Å².